The van der Waals surface area contributed by atoms with E-state index < -0.39 is 0 Å². The lowest BCUT2D eigenvalue weighted by Gasteiger charge is -2.27. The number of carbonyl (C=O) groups excluding carboxylic acids is 1. The van der Waals surface area contributed by atoms with Gasteiger partial charge in [-0.25, -0.2) is 9.78 Å². The highest BCUT2D eigenvalue weighted by atomic mass is 16.5. The van der Waals surface area contributed by atoms with Crippen LogP contribution in [0.1, 0.15) is 69.2 Å². The van der Waals surface area contributed by atoms with Gasteiger partial charge in [0.25, 0.3) is 5.56 Å². The summed E-state index contributed by atoms with van der Waals surface area (Å²) in [7, 11) is 0. The third-order valence-corrected chi connectivity index (χ3v) is 7.88. The van der Waals surface area contributed by atoms with Crippen LogP contribution < -0.4 is 20.5 Å². The van der Waals surface area contributed by atoms with Crippen LogP contribution in [0, 0.1) is 0 Å². The molecule has 0 fully saturated rings. The number of fused-ring (bicyclic) bond motifs is 1. The van der Waals surface area contributed by atoms with E-state index in [2.05, 4.69) is 72.7 Å². The second kappa shape index (κ2) is 14.7. The summed E-state index contributed by atoms with van der Waals surface area (Å²) >= 11 is 0. The summed E-state index contributed by atoms with van der Waals surface area (Å²) in [6, 6.07) is 23.1. The monoisotopic (exact) mass is 615 g/mol. The minimum atomic E-state index is -0.367. The van der Waals surface area contributed by atoms with Crippen LogP contribution in [-0.2, 0) is 6.61 Å². The number of anilines is 2. The lowest BCUT2D eigenvalue weighted by Crippen LogP contribution is -2.39. The molecule has 0 saturated heterocycles. The second-order valence-corrected chi connectivity index (χ2v) is 11.9. The van der Waals surface area contributed by atoms with Gasteiger partial charge in [0.2, 0.25) is 0 Å². The Morgan fingerprint density at radius 2 is 1.70 bits per heavy atom. The number of aromatic amines is 1. The van der Waals surface area contributed by atoms with E-state index in [0.717, 1.165) is 44.8 Å². The molecular weight excluding hydrogens is 574 g/mol. The quantitative estimate of drug-likeness (QED) is 0.108. The maximum absolute atomic E-state index is 14.1. The molecule has 46 heavy (non-hydrogen) atoms. The van der Waals surface area contributed by atoms with Crippen LogP contribution in [0.15, 0.2) is 103 Å². The number of benzene rings is 2. The topological polar surface area (TPSA) is 100 Å². The van der Waals surface area contributed by atoms with Crippen molar-refractivity contribution in [2.75, 3.05) is 16.8 Å². The summed E-state index contributed by atoms with van der Waals surface area (Å²) in [6.45, 7) is 13.0. The number of urea groups is 1. The van der Waals surface area contributed by atoms with E-state index in [1.54, 1.807) is 24.5 Å². The van der Waals surface area contributed by atoms with Gasteiger partial charge in [0.1, 0.15) is 23.7 Å². The van der Waals surface area contributed by atoms with Crippen LogP contribution >= 0.6 is 0 Å². The third kappa shape index (κ3) is 7.51. The first-order chi connectivity index (χ1) is 22.2. The van der Waals surface area contributed by atoms with Crippen molar-refractivity contribution in [3.8, 4) is 16.9 Å². The summed E-state index contributed by atoms with van der Waals surface area (Å²) in [5, 5.41) is 3.98. The van der Waals surface area contributed by atoms with Gasteiger partial charge in [0.15, 0.2) is 0 Å². The third-order valence-electron chi connectivity index (χ3n) is 7.88. The van der Waals surface area contributed by atoms with Crippen molar-refractivity contribution in [1.29, 1.82) is 0 Å². The normalized spacial score (nSPS) is 11.2. The number of nitrogens with zero attached hydrogens (tertiary/aromatic N) is 3. The summed E-state index contributed by atoms with van der Waals surface area (Å²) < 4.78 is 6.07. The highest BCUT2D eigenvalue weighted by molar-refractivity contribution is 6.03. The maximum atomic E-state index is 14.1. The molecule has 0 unspecified atom stereocenters. The van der Waals surface area contributed by atoms with Gasteiger partial charge >= 0.3 is 6.03 Å². The molecule has 8 nitrogen and oxygen atoms in total. The molecule has 236 valence electrons. The number of pyridine rings is 3. The van der Waals surface area contributed by atoms with Crippen LogP contribution in [0.2, 0.25) is 0 Å². The van der Waals surface area contributed by atoms with Crippen LogP contribution in [0.5, 0.6) is 5.75 Å². The Labute approximate surface area is 270 Å². The van der Waals surface area contributed by atoms with E-state index in [1.807, 2.05) is 48.5 Å². The molecule has 2 N–H and O–H groups in total. The van der Waals surface area contributed by atoms with Gasteiger partial charge < -0.3 is 15.0 Å². The van der Waals surface area contributed by atoms with Crippen molar-refractivity contribution in [2.24, 2.45) is 0 Å². The first-order valence-corrected chi connectivity index (χ1v) is 15.7. The predicted octanol–water partition coefficient (Wildman–Crippen LogP) is 8.82. The minimum Gasteiger partial charge on any atom is -0.487 e. The zero-order chi connectivity index (χ0) is 32.6. The molecule has 0 spiro atoms. The molecule has 0 aliphatic heterocycles. The van der Waals surface area contributed by atoms with Crippen LogP contribution in [-0.4, -0.2) is 27.5 Å². The molecule has 5 rings (SSSR count). The van der Waals surface area contributed by atoms with Gasteiger partial charge in [-0.15, -0.1) is 6.58 Å². The van der Waals surface area contributed by atoms with E-state index in [9.17, 15) is 9.59 Å². The largest absolute Gasteiger partial charge is 0.487 e. The van der Waals surface area contributed by atoms with Gasteiger partial charge in [0, 0.05) is 30.0 Å². The van der Waals surface area contributed by atoms with Crippen LogP contribution in [0.3, 0.4) is 0 Å². The summed E-state index contributed by atoms with van der Waals surface area (Å²) in [5.74, 6) is 0.977. The zero-order valence-corrected chi connectivity index (χ0v) is 26.9. The number of ether oxygens (including phenoxy) is 1. The Hall–Kier alpha value is -5.24. The fourth-order valence-electron chi connectivity index (χ4n) is 5.44. The predicted molar refractivity (Wildman–Crippen MR) is 187 cm³/mol. The standard InChI is InChI=1S/C38H41N5O3/c1-6-7-10-19-43(34-23-28-14-12-18-40-36(28)42-37(34)44)38(45)41-35-32(25(2)3)21-29(22-33(35)26(4)5)27-13-11-16-31(20-27)46-24-30-15-8-9-17-39-30/h6,8-9,11-18,20-23,25-26H,1,7,10,19,24H2,2-5H3,(H,41,45)(H,40,42,44). The molecular formula is C38H41N5O3. The first kappa shape index (κ1) is 32.2. The molecule has 0 bridgehead atoms. The number of allylic oxidation sites excluding steroid dienone is 1. The highest BCUT2D eigenvalue weighted by Gasteiger charge is 2.24. The van der Waals surface area contributed by atoms with Crippen molar-refractivity contribution in [3.05, 3.63) is 125 Å². The fraction of sp³-hybridized carbons (Fsp3) is 0.263. The average molecular weight is 616 g/mol. The molecule has 8 heteroatoms. The number of carbonyl (C=O) groups is 1. The van der Waals surface area contributed by atoms with Crippen LogP contribution in [0.4, 0.5) is 16.2 Å². The Bertz CT molecular complexity index is 1850. The molecule has 5 aromatic rings. The Morgan fingerprint density at radius 3 is 2.39 bits per heavy atom. The van der Waals surface area contributed by atoms with E-state index in [4.69, 9.17) is 4.74 Å². The van der Waals surface area contributed by atoms with Gasteiger partial charge in [-0.05, 0) is 102 Å². The molecule has 0 saturated carbocycles. The number of nitrogens with one attached hydrogen (secondary N) is 2. The lowest BCUT2D eigenvalue weighted by atomic mass is 9.88. The van der Waals surface area contributed by atoms with Gasteiger partial charge in [-0.3, -0.25) is 14.7 Å². The van der Waals surface area contributed by atoms with Crippen molar-refractivity contribution >= 4 is 28.4 Å². The van der Waals surface area contributed by atoms with Gasteiger partial charge in [0.05, 0.1) is 5.69 Å². The zero-order valence-electron chi connectivity index (χ0n) is 26.9. The smallest absolute Gasteiger partial charge is 0.326 e. The number of unbranched alkanes of at least 4 members (excludes halogenated alkanes) is 1. The molecule has 0 radical (unpaired) electrons. The fourth-order valence-corrected chi connectivity index (χ4v) is 5.44. The number of H-pyrrole nitrogens is 1. The van der Waals surface area contributed by atoms with E-state index in [0.29, 0.717) is 31.6 Å². The summed E-state index contributed by atoms with van der Waals surface area (Å²) in [5.41, 5.74) is 6.10. The Balaban J connectivity index is 1.50. The van der Waals surface area contributed by atoms with Gasteiger partial charge in [-0.1, -0.05) is 52.0 Å². The second-order valence-electron chi connectivity index (χ2n) is 11.9. The Kier molecular flexibility index (Phi) is 10.3. The number of amides is 2. The molecule has 0 aliphatic carbocycles. The minimum absolute atomic E-state index is 0.112. The van der Waals surface area contributed by atoms with E-state index in [-0.39, 0.29) is 29.1 Å². The van der Waals surface area contributed by atoms with Gasteiger partial charge in [-0.2, -0.15) is 0 Å². The lowest BCUT2D eigenvalue weighted by molar-refractivity contribution is 0.256. The van der Waals surface area contributed by atoms with Crippen molar-refractivity contribution in [1.82, 2.24) is 15.0 Å². The maximum Gasteiger partial charge on any atom is 0.326 e. The molecule has 0 atom stereocenters. The SMILES string of the molecule is C=CCCCN(C(=O)Nc1c(C(C)C)cc(-c2cccc(OCc3ccccn3)c2)cc1C(C)C)c1cc2cccnc2[nH]c1=O. The Morgan fingerprint density at radius 1 is 0.935 bits per heavy atom. The summed E-state index contributed by atoms with van der Waals surface area (Å²) in [6.07, 6.45) is 6.57. The molecule has 3 heterocycles. The average Bonchev–Trinajstić information content (AvgIpc) is 3.06. The molecule has 2 aromatic carbocycles. The van der Waals surface area contributed by atoms with Crippen molar-refractivity contribution < 1.29 is 9.53 Å². The highest BCUT2D eigenvalue weighted by Crippen LogP contribution is 2.38. The number of hydrogen-bond acceptors (Lipinski definition) is 5. The van der Waals surface area contributed by atoms with Crippen LogP contribution in [0.25, 0.3) is 22.2 Å². The number of rotatable bonds is 12. The van der Waals surface area contributed by atoms with E-state index in [1.165, 1.54) is 4.90 Å². The summed E-state index contributed by atoms with van der Waals surface area (Å²) in [4.78, 5) is 40.3. The van der Waals surface area contributed by atoms with Crippen molar-refractivity contribution in [2.45, 2.75) is 59.0 Å². The van der Waals surface area contributed by atoms with Crippen molar-refractivity contribution in [3.63, 3.8) is 0 Å². The van der Waals surface area contributed by atoms with E-state index >= 15 is 0 Å². The number of hydrogen-bond donors (Lipinski definition) is 2. The first-order valence-electron chi connectivity index (χ1n) is 15.7. The molecule has 2 amide bonds. The number of aromatic nitrogens is 3. The molecule has 3 aromatic heterocycles. The molecule has 0 aliphatic rings.